The van der Waals surface area contributed by atoms with E-state index in [1.807, 2.05) is 0 Å². The third-order valence-electron chi connectivity index (χ3n) is 8.74. The summed E-state index contributed by atoms with van der Waals surface area (Å²) >= 11 is 0. The van der Waals surface area contributed by atoms with E-state index in [1.54, 1.807) is 0 Å². The van der Waals surface area contributed by atoms with Gasteiger partial charge in [0.05, 0.1) is 6.61 Å². The second-order valence-corrected chi connectivity index (χ2v) is 14.1. The van der Waals surface area contributed by atoms with Gasteiger partial charge in [-0.3, -0.25) is 4.18 Å². The van der Waals surface area contributed by atoms with Crippen LogP contribution in [0.2, 0.25) is 0 Å². The Bertz CT molecular complexity index is 653. The van der Waals surface area contributed by atoms with E-state index in [0.29, 0.717) is 0 Å². The van der Waals surface area contributed by atoms with Crippen LogP contribution in [0.5, 0.6) is 0 Å². The van der Waals surface area contributed by atoms with Crippen molar-refractivity contribution in [2.24, 2.45) is 5.92 Å². The predicted molar refractivity (Wildman–Crippen MR) is 183 cm³/mol. The fourth-order valence-corrected chi connectivity index (χ4v) is 6.27. The minimum atomic E-state index is -4.62. The van der Waals surface area contributed by atoms with Gasteiger partial charge < -0.3 is 4.55 Å². The fraction of sp³-hybridized carbons (Fsp3) is 0.946. The molecule has 1 unspecified atom stereocenters. The molecular weight excluding hydrogens is 580 g/mol. The van der Waals surface area contributed by atoms with E-state index in [2.05, 4.69) is 30.2 Å². The van der Waals surface area contributed by atoms with Crippen LogP contribution in [0.3, 0.4) is 0 Å². The molecule has 252 valence electrons. The standard InChI is InChI=1S/C37H74O4S.K/c1-3-5-7-9-11-13-15-16-17-18-19-20-21-22-23-25-27-29-31-33-35-37(36-41-42(38,39)40)34-32-30-28-26-24-14-12-10-8-6-4-2;/h33,35,37H,3-32,34,36H2,1-2H3,(H,38,39,40);/q;+1/p-1/b35-33+;. The van der Waals surface area contributed by atoms with Gasteiger partial charge in [-0.2, -0.15) is 0 Å². The third-order valence-corrected chi connectivity index (χ3v) is 9.16. The first kappa shape index (κ1) is 46.4. The van der Waals surface area contributed by atoms with E-state index < -0.39 is 10.4 Å². The van der Waals surface area contributed by atoms with Crippen LogP contribution < -0.4 is 51.4 Å². The topological polar surface area (TPSA) is 66.4 Å². The average Bonchev–Trinajstić information content (AvgIpc) is 2.96. The maximum atomic E-state index is 11.0. The Labute approximate surface area is 313 Å². The Morgan fingerprint density at radius 3 is 1.14 bits per heavy atom. The van der Waals surface area contributed by atoms with Crippen LogP contribution in [0, 0.1) is 5.92 Å². The average molecular weight is 653 g/mol. The van der Waals surface area contributed by atoms with Crippen molar-refractivity contribution in [1.29, 1.82) is 0 Å². The van der Waals surface area contributed by atoms with Crippen molar-refractivity contribution in [3.05, 3.63) is 12.2 Å². The summed E-state index contributed by atoms with van der Waals surface area (Å²) in [6.45, 7) is 4.53. The molecule has 1 atom stereocenters. The second-order valence-electron chi connectivity index (χ2n) is 13.0. The van der Waals surface area contributed by atoms with Gasteiger partial charge in [-0.15, -0.1) is 0 Å². The Kier molecular flexibility index (Phi) is 40.7. The van der Waals surface area contributed by atoms with Gasteiger partial charge in [-0.05, 0) is 19.3 Å². The van der Waals surface area contributed by atoms with Gasteiger partial charge in [0.2, 0.25) is 10.4 Å². The molecule has 43 heavy (non-hydrogen) atoms. The molecule has 0 saturated heterocycles. The van der Waals surface area contributed by atoms with Crippen LogP contribution in [-0.4, -0.2) is 19.6 Å². The maximum absolute atomic E-state index is 11.0. The van der Waals surface area contributed by atoms with Crippen molar-refractivity contribution in [2.75, 3.05) is 6.61 Å². The van der Waals surface area contributed by atoms with Crippen LogP contribution in [-0.2, 0) is 14.6 Å². The molecule has 0 heterocycles. The van der Waals surface area contributed by atoms with Crippen LogP contribution in [0.4, 0.5) is 0 Å². The Morgan fingerprint density at radius 1 is 0.512 bits per heavy atom. The molecule has 6 heteroatoms. The van der Waals surface area contributed by atoms with Gasteiger partial charge in [0, 0.05) is 5.92 Å². The van der Waals surface area contributed by atoms with Crippen LogP contribution in [0.25, 0.3) is 0 Å². The minimum absolute atomic E-state index is 0. The predicted octanol–water partition coefficient (Wildman–Crippen LogP) is 9.77. The Balaban J connectivity index is 0. The Morgan fingerprint density at radius 2 is 0.814 bits per heavy atom. The maximum Gasteiger partial charge on any atom is 1.00 e. The molecule has 0 radical (unpaired) electrons. The van der Waals surface area contributed by atoms with E-state index >= 15 is 0 Å². The smallest absolute Gasteiger partial charge is 0.726 e. The van der Waals surface area contributed by atoms with E-state index in [-0.39, 0.29) is 63.9 Å². The van der Waals surface area contributed by atoms with Gasteiger partial charge in [-0.25, -0.2) is 8.42 Å². The van der Waals surface area contributed by atoms with Gasteiger partial charge in [0.1, 0.15) is 0 Å². The van der Waals surface area contributed by atoms with Gasteiger partial charge >= 0.3 is 51.4 Å². The molecule has 0 aromatic heterocycles. The second kappa shape index (κ2) is 37.7. The van der Waals surface area contributed by atoms with Crippen molar-refractivity contribution in [1.82, 2.24) is 0 Å². The summed E-state index contributed by atoms with van der Waals surface area (Å²) in [5.74, 6) is 0.0165. The van der Waals surface area contributed by atoms with Crippen molar-refractivity contribution < 1.29 is 68.5 Å². The van der Waals surface area contributed by atoms with Crippen LogP contribution in [0.1, 0.15) is 213 Å². The first-order valence-corrected chi connectivity index (χ1v) is 20.1. The zero-order valence-electron chi connectivity index (χ0n) is 29.4. The first-order chi connectivity index (χ1) is 20.5. The van der Waals surface area contributed by atoms with E-state index in [0.717, 1.165) is 19.3 Å². The molecule has 0 aliphatic heterocycles. The van der Waals surface area contributed by atoms with Crippen LogP contribution in [0.15, 0.2) is 12.2 Å². The van der Waals surface area contributed by atoms with Gasteiger partial charge in [0.25, 0.3) is 0 Å². The first-order valence-electron chi connectivity index (χ1n) is 18.8. The molecule has 0 aliphatic carbocycles. The summed E-state index contributed by atoms with van der Waals surface area (Å²) in [4.78, 5) is 0. The van der Waals surface area contributed by atoms with Crippen molar-refractivity contribution in [2.45, 2.75) is 213 Å². The molecule has 0 spiro atoms. The molecular formula is C37H73KO4S. The zero-order valence-corrected chi connectivity index (χ0v) is 33.3. The van der Waals surface area contributed by atoms with Gasteiger partial charge in [-0.1, -0.05) is 206 Å². The molecule has 0 fully saturated rings. The summed E-state index contributed by atoms with van der Waals surface area (Å²) in [5, 5.41) is 0. The van der Waals surface area contributed by atoms with Crippen molar-refractivity contribution in [3.63, 3.8) is 0 Å². The molecule has 0 aliphatic rings. The summed E-state index contributed by atoms with van der Waals surface area (Å²) < 4.78 is 37.5. The largest absolute Gasteiger partial charge is 1.00 e. The fourth-order valence-electron chi connectivity index (χ4n) is 5.93. The van der Waals surface area contributed by atoms with E-state index in [4.69, 9.17) is 0 Å². The summed E-state index contributed by atoms with van der Waals surface area (Å²) in [7, 11) is -4.62. The van der Waals surface area contributed by atoms with E-state index in [1.165, 1.54) is 180 Å². The molecule has 0 aromatic rings. The van der Waals surface area contributed by atoms with Gasteiger partial charge in [0.15, 0.2) is 0 Å². The molecule has 0 amide bonds. The van der Waals surface area contributed by atoms with Crippen LogP contribution >= 0.6 is 0 Å². The molecule has 0 N–H and O–H groups in total. The molecule has 0 rings (SSSR count). The minimum Gasteiger partial charge on any atom is -0.726 e. The summed E-state index contributed by atoms with van der Waals surface area (Å²) in [6.07, 6.45) is 45.4. The third kappa shape index (κ3) is 41.2. The van der Waals surface area contributed by atoms with Crippen molar-refractivity contribution in [3.8, 4) is 0 Å². The number of hydrogen-bond acceptors (Lipinski definition) is 4. The number of hydrogen-bond donors (Lipinski definition) is 0. The number of unbranched alkanes of at least 4 members (excludes halogenated alkanes) is 28. The number of rotatable bonds is 35. The number of allylic oxidation sites excluding steroid dienone is 1. The molecule has 0 bridgehead atoms. The molecule has 0 aromatic carbocycles. The van der Waals surface area contributed by atoms with E-state index in [9.17, 15) is 13.0 Å². The SMILES string of the molecule is CCCCCCCCCCCCCCCCCCCC/C=C/C(CCCCCCCCCCCCC)COS(=O)(=O)[O-].[K+]. The molecule has 0 saturated carbocycles. The Hall–Kier alpha value is 1.25. The quantitative estimate of drug-likeness (QED) is 0.0225. The monoisotopic (exact) mass is 652 g/mol. The zero-order chi connectivity index (χ0) is 30.8. The molecule has 4 nitrogen and oxygen atoms in total. The summed E-state index contributed by atoms with van der Waals surface area (Å²) in [5.41, 5.74) is 0. The van der Waals surface area contributed by atoms with Crippen molar-refractivity contribution >= 4 is 10.4 Å². The normalized spacial score (nSPS) is 12.6. The summed E-state index contributed by atoms with van der Waals surface area (Å²) in [6, 6.07) is 0.